The van der Waals surface area contributed by atoms with Crippen molar-refractivity contribution in [1.29, 1.82) is 0 Å². The molecular formula is C18H30N2O. The Kier molecular flexibility index (Phi) is 8.06. The number of nitrogens with one attached hydrogen (secondary N) is 1. The van der Waals surface area contributed by atoms with Crippen molar-refractivity contribution in [2.24, 2.45) is 5.73 Å². The quantitative estimate of drug-likeness (QED) is 0.729. The molecule has 118 valence electrons. The SMILES string of the molecule is CCCC(CCC)NC(=O)c1cccc(CCC(C)N)c1. The molecule has 1 rings (SSSR count). The lowest BCUT2D eigenvalue weighted by atomic mass is 10.0. The molecule has 0 spiro atoms. The van der Waals surface area contributed by atoms with E-state index in [1.54, 1.807) is 0 Å². The Morgan fingerprint density at radius 1 is 1.19 bits per heavy atom. The van der Waals surface area contributed by atoms with Crippen LogP contribution in [0.3, 0.4) is 0 Å². The molecule has 0 fully saturated rings. The lowest BCUT2D eigenvalue weighted by Gasteiger charge is -2.17. The van der Waals surface area contributed by atoms with Crippen LogP contribution in [0.1, 0.15) is 68.8 Å². The second-order valence-corrected chi connectivity index (χ2v) is 5.96. The van der Waals surface area contributed by atoms with E-state index in [0.717, 1.165) is 44.1 Å². The molecule has 0 aliphatic carbocycles. The molecule has 1 aromatic carbocycles. The van der Waals surface area contributed by atoms with E-state index < -0.39 is 0 Å². The van der Waals surface area contributed by atoms with Gasteiger partial charge in [0.05, 0.1) is 0 Å². The summed E-state index contributed by atoms with van der Waals surface area (Å²) in [7, 11) is 0. The third-order valence-electron chi connectivity index (χ3n) is 3.69. The van der Waals surface area contributed by atoms with Crippen molar-refractivity contribution in [3.05, 3.63) is 35.4 Å². The van der Waals surface area contributed by atoms with Crippen molar-refractivity contribution < 1.29 is 4.79 Å². The third kappa shape index (κ3) is 6.76. The summed E-state index contributed by atoms with van der Waals surface area (Å²) in [6, 6.07) is 8.39. The molecule has 0 aromatic heterocycles. The van der Waals surface area contributed by atoms with E-state index >= 15 is 0 Å². The van der Waals surface area contributed by atoms with Gasteiger partial charge in [0, 0.05) is 17.6 Å². The van der Waals surface area contributed by atoms with E-state index in [-0.39, 0.29) is 11.9 Å². The topological polar surface area (TPSA) is 55.1 Å². The van der Waals surface area contributed by atoms with E-state index in [0.29, 0.717) is 6.04 Å². The Morgan fingerprint density at radius 3 is 2.43 bits per heavy atom. The summed E-state index contributed by atoms with van der Waals surface area (Å²) in [6.07, 6.45) is 6.15. The van der Waals surface area contributed by atoms with Gasteiger partial charge in [-0.1, -0.05) is 38.8 Å². The lowest BCUT2D eigenvalue weighted by molar-refractivity contribution is 0.0932. The molecule has 1 amide bonds. The van der Waals surface area contributed by atoms with Crippen LogP contribution in [0.15, 0.2) is 24.3 Å². The minimum Gasteiger partial charge on any atom is -0.349 e. The molecule has 0 saturated heterocycles. The Hall–Kier alpha value is -1.35. The van der Waals surface area contributed by atoms with Crippen LogP contribution in [-0.2, 0) is 6.42 Å². The zero-order valence-electron chi connectivity index (χ0n) is 13.7. The van der Waals surface area contributed by atoms with E-state index in [9.17, 15) is 4.79 Å². The number of hydrogen-bond donors (Lipinski definition) is 2. The van der Waals surface area contributed by atoms with E-state index in [1.165, 1.54) is 5.56 Å². The summed E-state index contributed by atoms with van der Waals surface area (Å²) in [5, 5.41) is 3.16. The fraction of sp³-hybridized carbons (Fsp3) is 0.611. The van der Waals surface area contributed by atoms with Crippen molar-refractivity contribution >= 4 is 5.91 Å². The number of aryl methyl sites for hydroxylation is 1. The number of carbonyl (C=O) groups is 1. The number of rotatable bonds is 9. The van der Waals surface area contributed by atoms with E-state index in [4.69, 9.17) is 5.73 Å². The van der Waals surface area contributed by atoms with Gasteiger partial charge in [0.1, 0.15) is 0 Å². The maximum Gasteiger partial charge on any atom is 0.251 e. The molecule has 0 saturated carbocycles. The van der Waals surface area contributed by atoms with Crippen LogP contribution in [0.4, 0.5) is 0 Å². The molecule has 0 heterocycles. The zero-order valence-corrected chi connectivity index (χ0v) is 13.7. The first-order valence-electron chi connectivity index (χ1n) is 8.22. The maximum absolute atomic E-state index is 12.4. The molecule has 3 N–H and O–H groups in total. The van der Waals surface area contributed by atoms with Gasteiger partial charge in [0.25, 0.3) is 5.91 Å². The smallest absolute Gasteiger partial charge is 0.251 e. The van der Waals surface area contributed by atoms with Crippen LogP contribution in [0.25, 0.3) is 0 Å². The molecule has 21 heavy (non-hydrogen) atoms. The van der Waals surface area contributed by atoms with Crippen molar-refractivity contribution in [2.45, 2.75) is 71.4 Å². The molecule has 0 radical (unpaired) electrons. The van der Waals surface area contributed by atoms with Gasteiger partial charge in [-0.2, -0.15) is 0 Å². The summed E-state index contributed by atoms with van der Waals surface area (Å²) in [6.45, 7) is 6.32. The highest BCUT2D eigenvalue weighted by atomic mass is 16.1. The number of benzene rings is 1. The van der Waals surface area contributed by atoms with Crippen LogP contribution >= 0.6 is 0 Å². The minimum absolute atomic E-state index is 0.0459. The van der Waals surface area contributed by atoms with Gasteiger partial charge in [-0.25, -0.2) is 0 Å². The van der Waals surface area contributed by atoms with Crippen molar-refractivity contribution in [2.75, 3.05) is 0 Å². The van der Waals surface area contributed by atoms with Gasteiger partial charge < -0.3 is 11.1 Å². The third-order valence-corrected chi connectivity index (χ3v) is 3.69. The van der Waals surface area contributed by atoms with Crippen molar-refractivity contribution in [3.63, 3.8) is 0 Å². The Balaban J connectivity index is 2.66. The fourth-order valence-electron chi connectivity index (χ4n) is 2.52. The number of carbonyl (C=O) groups excluding carboxylic acids is 1. The van der Waals surface area contributed by atoms with Crippen LogP contribution in [0.2, 0.25) is 0 Å². The molecule has 0 aliphatic rings. The Morgan fingerprint density at radius 2 is 1.86 bits per heavy atom. The highest BCUT2D eigenvalue weighted by Gasteiger charge is 2.12. The number of hydrogen-bond acceptors (Lipinski definition) is 2. The second kappa shape index (κ2) is 9.56. The Bertz CT molecular complexity index is 423. The molecule has 1 unspecified atom stereocenters. The average molecular weight is 290 g/mol. The minimum atomic E-state index is 0.0459. The van der Waals surface area contributed by atoms with Gasteiger partial charge in [-0.05, 0) is 50.3 Å². The van der Waals surface area contributed by atoms with Crippen LogP contribution in [-0.4, -0.2) is 18.0 Å². The maximum atomic E-state index is 12.4. The summed E-state index contributed by atoms with van der Waals surface area (Å²) < 4.78 is 0. The fourth-order valence-corrected chi connectivity index (χ4v) is 2.52. The van der Waals surface area contributed by atoms with Crippen LogP contribution in [0, 0.1) is 0 Å². The summed E-state index contributed by atoms with van der Waals surface area (Å²) >= 11 is 0. The molecule has 1 atom stereocenters. The molecule has 3 nitrogen and oxygen atoms in total. The highest BCUT2D eigenvalue weighted by molar-refractivity contribution is 5.94. The highest BCUT2D eigenvalue weighted by Crippen LogP contribution is 2.11. The zero-order chi connectivity index (χ0) is 15.7. The molecular weight excluding hydrogens is 260 g/mol. The van der Waals surface area contributed by atoms with Gasteiger partial charge in [0.2, 0.25) is 0 Å². The molecule has 1 aromatic rings. The summed E-state index contributed by atoms with van der Waals surface area (Å²) in [5.74, 6) is 0.0459. The number of nitrogens with two attached hydrogens (primary N) is 1. The largest absolute Gasteiger partial charge is 0.349 e. The normalized spacial score (nSPS) is 12.4. The van der Waals surface area contributed by atoms with Crippen molar-refractivity contribution in [3.8, 4) is 0 Å². The first-order chi connectivity index (χ1) is 10.1. The lowest BCUT2D eigenvalue weighted by Crippen LogP contribution is -2.34. The molecule has 0 aliphatic heterocycles. The predicted octanol–water partition coefficient (Wildman–Crippen LogP) is 3.67. The van der Waals surface area contributed by atoms with Crippen LogP contribution in [0.5, 0.6) is 0 Å². The standard InChI is InChI=1S/C18H30N2O/c1-4-7-17(8-5-2)20-18(21)16-10-6-9-15(13-16)12-11-14(3)19/h6,9-10,13-14,17H,4-5,7-8,11-12,19H2,1-3H3,(H,20,21). The molecule has 3 heteroatoms. The van der Waals surface area contributed by atoms with Gasteiger partial charge in [-0.15, -0.1) is 0 Å². The average Bonchev–Trinajstić information content (AvgIpc) is 2.46. The second-order valence-electron chi connectivity index (χ2n) is 5.96. The summed E-state index contributed by atoms with van der Waals surface area (Å²) in [4.78, 5) is 12.4. The predicted molar refractivity (Wildman–Crippen MR) is 89.5 cm³/mol. The first kappa shape index (κ1) is 17.7. The Labute approximate surface area is 129 Å². The van der Waals surface area contributed by atoms with Gasteiger partial charge in [0.15, 0.2) is 0 Å². The van der Waals surface area contributed by atoms with E-state index in [1.807, 2.05) is 25.1 Å². The van der Waals surface area contributed by atoms with Gasteiger partial charge >= 0.3 is 0 Å². The van der Waals surface area contributed by atoms with Crippen LogP contribution < -0.4 is 11.1 Å². The monoisotopic (exact) mass is 290 g/mol. The first-order valence-corrected chi connectivity index (χ1v) is 8.22. The van der Waals surface area contributed by atoms with Crippen molar-refractivity contribution in [1.82, 2.24) is 5.32 Å². The van der Waals surface area contributed by atoms with E-state index in [2.05, 4.69) is 25.2 Å². The molecule has 0 bridgehead atoms. The summed E-state index contributed by atoms with van der Waals surface area (Å²) in [5.41, 5.74) is 7.73. The van der Waals surface area contributed by atoms with Gasteiger partial charge in [-0.3, -0.25) is 4.79 Å². The number of amides is 1.